The number of nitrogens with one attached hydrogen (secondary N) is 2. The summed E-state index contributed by atoms with van der Waals surface area (Å²) < 4.78 is 13.0. The summed E-state index contributed by atoms with van der Waals surface area (Å²) in [5.41, 5.74) is 6.88. The highest BCUT2D eigenvalue weighted by atomic mass is 19.1. The smallest absolute Gasteiger partial charge is 0.323 e. The second-order valence-corrected chi connectivity index (χ2v) is 4.01. The van der Waals surface area contributed by atoms with Crippen molar-refractivity contribution >= 4 is 23.1 Å². The van der Waals surface area contributed by atoms with Gasteiger partial charge < -0.3 is 16.4 Å². The molecule has 4 N–H and O–H groups in total. The van der Waals surface area contributed by atoms with Gasteiger partial charge in [0.15, 0.2) is 0 Å². The topological polar surface area (TPSA) is 90.9 Å². The third-order valence-electron chi connectivity index (χ3n) is 2.49. The van der Waals surface area contributed by atoms with Gasteiger partial charge in [-0.15, -0.1) is 0 Å². The minimum Gasteiger partial charge on any atom is -0.399 e. The van der Waals surface area contributed by atoms with Crippen LogP contribution in [0.15, 0.2) is 42.5 Å². The molecule has 0 spiro atoms. The van der Waals surface area contributed by atoms with Gasteiger partial charge in [-0.05, 0) is 36.4 Å². The minimum atomic E-state index is -0.572. The van der Waals surface area contributed by atoms with Crippen LogP contribution in [0, 0.1) is 17.1 Å². The summed E-state index contributed by atoms with van der Waals surface area (Å²) in [7, 11) is 0. The molecule has 2 amide bonds. The van der Waals surface area contributed by atoms with Crippen LogP contribution in [0.25, 0.3) is 0 Å². The van der Waals surface area contributed by atoms with Crippen LogP contribution < -0.4 is 16.4 Å². The van der Waals surface area contributed by atoms with Gasteiger partial charge in [0, 0.05) is 11.4 Å². The summed E-state index contributed by atoms with van der Waals surface area (Å²) in [5, 5.41) is 13.9. The molecule has 2 aromatic carbocycles. The van der Waals surface area contributed by atoms with Gasteiger partial charge in [-0.2, -0.15) is 5.26 Å². The number of nitrogens with two attached hydrogens (primary N) is 1. The summed E-state index contributed by atoms with van der Waals surface area (Å²) in [6.07, 6.45) is 0. The van der Waals surface area contributed by atoms with Crippen LogP contribution in [0.4, 0.5) is 26.2 Å². The molecule has 2 rings (SSSR count). The lowest BCUT2D eigenvalue weighted by molar-refractivity contribution is 0.262. The maximum absolute atomic E-state index is 13.0. The van der Waals surface area contributed by atoms with Crippen molar-refractivity contribution in [3.05, 3.63) is 53.8 Å². The molecule has 20 heavy (non-hydrogen) atoms. The van der Waals surface area contributed by atoms with E-state index in [0.29, 0.717) is 17.1 Å². The number of carbonyl (C=O) groups is 1. The van der Waals surface area contributed by atoms with Crippen molar-refractivity contribution in [2.45, 2.75) is 0 Å². The molecule has 100 valence electrons. The fraction of sp³-hybridized carbons (Fsp3) is 0. The lowest BCUT2D eigenvalue weighted by Crippen LogP contribution is -2.20. The third-order valence-corrected chi connectivity index (χ3v) is 2.49. The first kappa shape index (κ1) is 13.4. The summed E-state index contributed by atoms with van der Waals surface area (Å²) >= 11 is 0. The maximum Gasteiger partial charge on any atom is 0.323 e. The number of carbonyl (C=O) groups excluding carboxylic acids is 1. The van der Waals surface area contributed by atoms with Crippen molar-refractivity contribution in [3.8, 4) is 6.07 Å². The lowest BCUT2D eigenvalue weighted by Gasteiger charge is -2.09. The molecule has 2 aromatic rings. The fourth-order valence-corrected chi connectivity index (χ4v) is 1.61. The zero-order valence-electron chi connectivity index (χ0n) is 10.4. The molecular formula is C14H11FN4O. The number of hydrogen-bond donors (Lipinski definition) is 3. The van der Waals surface area contributed by atoms with E-state index in [1.165, 1.54) is 30.3 Å². The van der Waals surface area contributed by atoms with E-state index in [-0.39, 0.29) is 5.56 Å². The molecule has 6 heteroatoms. The monoisotopic (exact) mass is 270 g/mol. The average molecular weight is 270 g/mol. The van der Waals surface area contributed by atoms with Gasteiger partial charge in [0.05, 0.1) is 11.3 Å². The SMILES string of the molecule is N#Cc1cc(N)ccc1NC(=O)Nc1cccc(F)c1. The zero-order chi connectivity index (χ0) is 14.5. The van der Waals surface area contributed by atoms with Crippen LogP contribution in [0.3, 0.4) is 0 Å². The molecule has 0 fully saturated rings. The van der Waals surface area contributed by atoms with E-state index in [0.717, 1.165) is 0 Å². The van der Waals surface area contributed by atoms with E-state index in [4.69, 9.17) is 11.0 Å². The number of nitrogen functional groups attached to an aromatic ring is 1. The molecular weight excluding hydrogens is 259 g/mol. The Morgan fingerprint density at radius 2 is 2.00 bits per heavy atom. The van der Waals surface area contributed by atoms with Crippen LogP contribution in [-0.4, -0.2) is 6.03 Å². The Bertz CT molecular complexity index is 694. The molecule has 0 saturated carbocycles. The van der Waals surface area contributed by atoms with E-state index in [1.807, 2.05) is 6.07 Å². The second-order valence-electron chi connectivity index (χ2n) is 4.01. The summed E-state index contributed by atoms with van der Waals surface area (Å²) in [4.78, 5) is 11.8. The number of anilines is 3. The van der Waals surface area contributed by atoms with Crippen LogP contribution in [0.5, 0.6) is 0 Å². The third kappa shape index (κ3) is 3.23. The predicted octanol–water partition coefficient (Wildman–Crippen LogP) is 2.92. The molecule has 0 aliphatic carbocycles. The van der Waals surface area contributed by atoms with E-state index in [1.54, 1.807) is 12.1 Å². The van der Waals surface area contributed by atoms with E-state index >= 15 is 0 Å². The van der Waals surface area contributed by atoms with Crippen LogP contribution >= 0.6 is 0 Å². The molecule has 0 aromatic heterocycles. The number of amides is 2. The average Bonchev–Trinajstić information content (AvgIpc) is 2.40. The van der Waals surface area contributed by atoms with Crippen LogP contribution in [0.2, 0.25) is 0 Å². The Balaban J connectivity index is 2.11. The molecule has 0 unspecified atom stereocenters. The molecule has 5 nitrogen and oxygen atoms in total. The van der Waals surface area contributed by atoms with Crippen molar-refractivity contribution in [1.82, 2.24) is 0 Å². The first-order valence-electron chi connectivity index (χ1n) is 5.71. The number of nitrogens with zero attached hydrogens (tertiary/aromatic N) is 1. The Labute approximate surface area is 114 Å². The molecule has 0 bridgehead atoms. The highest BCUT2D eigenvalue weighted by molar-refractivity contribution is 6.00. The van der Waals surface area contributed by atoms with Gasteiger partial charge in [-0.1, -0.05) is 6.07 Å². The second kappa shape index (κ2) is 5.71. The number of nitriles is 1. The van der Waals surface area contributed by atoms with Crippen molar-refractivity contribution in [3.63, 3.8) is 0 Å². The number of rotatable bonds is 2. The van der Waals surface area contributed by atoms with E-state index in [9.17, 15) is 9.18 Å². The van der Waals surface area contributed by atoms with Crippen molar-refractivity contribution in [2.75, 3.05) is 16.4 Å². The molecule has 0 saturated heterocycles. The minimum absolute atomic E-state index is 0.249. The van der Waals surface area contributed by atoms with Gasteiger partial charge in [-0.25, -0.2) is 9.18 Å². The summed E-state index contributed by atoms with van der Waals surface area (Å²) in [6, 6.07) is 11.4. The molecule has 0 aliphatic rings. The summed E-state index contributed by atoms with van der Waals surface area (Å²) in [6.45, 7) is 0. The number of urea groups is 1. The van der Waals surface area contributed by atoms with Gasteiger partial charge in [-0.3, -0.25) is 0 Å². The first-order chi connectivity index (χ1) is 9.58. The Morgan fingerprint density at radius 3 is 2.70 bits per heavy atom. The van der Waals surface area contributed by atoms with E-state index < -0.39 is 11.8 Å². The molecule has 0 radical (unpaired) electrons. The highest BCUT2D eigenvalue weighted by Crippen LogP contribution is 2.18. The Kier molecular flexibility index (Phi) is 3.82. The van der Waals surface area contributed by atoms with Crippen molar-refractivity contribution in [2.24, 2.45) is 0 Å². The Hall–Kier alpha value is -3.07. The number of halogens is 1. The summed E-state index contributed by atoms with van der Waals surface area (Å²) in [5.74, 6) is -0.451. The first-order valence-corrected chi connectivity index (χ1v) is 5.71. The predicted molar refractivity (Wildman–Crippen MR) is 74.6 cm³/mol. The van der Waals surface area contributed by atoms with Gasteiger partial charge >= 0.3 is 6.03 Å². The van der Waals surface area contributed by atoms with Gasteiger partial charge in [0.1, 0.15) is 11.9 Å². The lowest BCUT2D eigenvalue weighted by atomic mass is 10.2. The van der Waals surface area contributed by atoms with Crippen molar-refractivity contribution < 1.29 is 9.18 Å². The zero-order valence-corrected chi connectivity index (χ0v) is 10.4. The fourth-order valence-electron chi connectivity index (χ4n) is 1.61. The standard InChI is InChI=1S/C14H11FN4O/c15-10-2-1-3-12(7-10)18-14(20)19-13-5-4-11(17)6-9(13)8-16/h1-7H,17H2,(H2,18,19,20). The van der Waals surface area contributed by atoms with Crippen LogP contribution in [-0.2, 0) is 0 Å². The van der Waals surface area contributed by atoms with Crippen LogP contribution in [0.1, 0.15) is 5.56 Å². The highest BCUT2D eigenvalue weighted by Gasteiger charge is 2.07. The molecule has 0 heterocycles. The Morgan fingerprint density at radius 1 is 1.20 bits per heavy atom. The van der Waals surface area contributed by atoms with Gasteiger partial charge in [0.2, 0.25) is 0 Å². The van der Waals surface area contributed by atoms with Gasteiger partial charge in [0.25, 0.3) is 0 Å². The number of hydrogen-bond acceptors (Lipinski definition) is 3. The quantitative estimate of drug-likeness (QED) is 0.733. The van der Waals surface area contributed by atoms with Crippen molar-refractivity contribution in [1.29, 1.82) is 5.26 Å². The normalized spacial score (nSPS) is 9.60. The van der Waals surface area contributed by atoms with E-state index in [2.05, 4.69) is 10.6 Å². The molecule has 0 aliphatic heterocycles. The maximum atomic E-state index is 13.0. The number of benzene rings is 2. The molecule has 0 atom stereocenters. The largest absolute Gasteiger partial charge is 0.399 e.